The van der Waals surface area contributed by atoms with Gasteiger partial charge < -0.3 is 15.1 Å². The molecule has 0 spiro atoms. The summed E-state index contributed by atoms with van der Waals surface area (Å²) in [4.78, 5) is 26.8. The Balaban J connectivity index is 1.57. The van der Waals surface area contributed by atoms with E-state index < -0.39 is 0 Å². The zero-order valence-electron chi connectivity index (χ0n) is 16.0. The van der Waals surface area contributed by atoms with Gasteiger partial charge in [-0.25, -0.2) is 0 Å². The fraction of sp³-hybridized carbons (Fsp3) is 0.429. The topological polar surface area (TPSA) is 74.6 Å². The maximum atomic E-state index is 12.7. The van der Waals surface area contributed by atoms with Crippen molar-refractivity contribution in [1.29, 1.82) is 0 Å². The van der Waals surface area contributed by atoms with Crippen LogP contribution in [0.15, 0.2) is 41.0 Å². The molecule has 1 saturated heterocycles. The SMILES string of the molecule is CCC(=O)Nc1cc(Cl)ccc1C(=O)NCC1CCCN(Cc2ccco2)C1. The van der Waals surface area contributed by atoms with Crippen LogP contribution in [0.3, 0.4) is 0 Å². The summed E-state index contributed by atoms with van der Waals surface area (Å²) >= 11 is 6.03. The van der Waals surface area contributed by atoms with Gasteiger partial charge in [-0.2, -0.15) is 0 Å². The van der Waals surface area contributed by atoms with Crippen molar-refractivity contribution in [3.63, 3.8) is 0 Å². The number of likely N-dealkylation sites (tertiary alicyclic amines) is 1. The first-order valence-electron chi connectivity index (χ1n) is 9.67. The molecule has 2 heterocycles. The number of nitrogens with one attached hydrogen (secondary N) is 2. The number of furan rings is 1. The molecule has 150 valence electrons. The van der Waals surface area contributed by atoms with Gasteiger partial charge in [0, 0.05) is 24.5 Å². The standard InChI is InChI=1S/C21H26ClN3O3/c1-2-20(26)24-19-11-16(22)7-8-18(19)21(27)23-12-15-5-3-9-25(13-15)14-17-6-4-10-28-17/h4,6-8,10-11,15H,2-3,5,9,12-14H2,1H3,(H,23,27)(H,24,26). The molecule has 0 aliphatic carbocycles. The van der Waals surface area contributed by atoms with Crippen molar-refractivity contribution in [3.8, 4) is 0 Å². The minimum Gasteiger partial charge on any atom is -0.468 e. The van der Waals surface area contributed by atoms with Gasteiger partial charge >= 0.3 is 0 Å². The summed E-state index contributed by atoms with van der Waals surface area (Å²) < 4.78 is 5.43. The van der Waals surface area contributed by atoms with Crippen LogP contribution in [0.1, 0.15) is 42.3 Å². The Bertz CT molecular complexity index is 807. The number of rotatable bonds is 7. The predicted octanol–water partition coefficient (Wildman–Crippen LogP) is 3.92. The molecule has 3 rings (SSSR count). The average Bonchev–Trinajstić information content (AvgIpc) is 3.19. The molecule has 0 bridgehead atoms. The molecule has 0 radical (unpaired) electrons. The monoisotopic (exact) mass is 403 g/mol. The molecule has 1 atom stereocenters. The summed E-state index contributed by atoms with van der Waals surface area (Å²) in [5.74, 6) is 0.985. The van der Waals surface area contributed by atoms with E-state index in [1.807, 2.05) is 12.1 Å². The second-order valence-corrected chi connectivity index (χ2v) is 7.56. The van der Waals surface area contributed by atoms with Crippen molar-refractivity contribution in [2.75, 3.05) is 25.0 Å². The molecule has 0 saturated carbocycles. The molecule has 2 aromatic rings. The van der Waals surface area contributed by atoms with E-state index in [-0.39, 0.29) is 11.8 Å². The first-order chi connectivity index (χ1) is 13.5. The van der Waals surface area contributed by atoms with Crippen LogP contribution >= 0.6 is 11.6 Å². The van der Waals surface area contributed by atoms with E-state index in [0.29, 0.717) is 35.2 Å². The number of nitrogens with zero attached hydrogens (tertiary/aromatic N) is 1. The molecule has 2 N–H and O–H groups in total. The maximum absolute atomic E-state index is 12.7. The molecule has 1 aliphatic heterocycles. The van der Waals surface area contributed by atoms with Gasteiger partial charge in [0.25, 0.3) is 5.91 Å². The highest BCUT2D eigenvalue weighted by Crippen LogP contribution is 2.22. The Kier molecular flexibility index (Phi) is 7.12. The quantitative estimate of drug-likeness (QED) is 0.734. The zero-order valence-corrected chi connectivity index (χ0v) is 16.8. The minimum absolute atomic E-state index is 0.155. The van der Waals surface area contributed by atoms with E-state index >= 15 is 0 Å². The summed E-state index contributed by atoms with van der Waals surface area (Å²) in [6, 6.07) is 8.79. The Hall–Kier alpha value is -2.31. The van der Waals surface area contributed by atoms with E-state index in [9.17, 15) is 9.59 Å². The van der Waals surface area contributed by atoms with Gasteiger partial charge in [-0.3, -0.25) is 14.5 Å². The Morgan fingerprint density at radius 3 is 2.93 bits per heavy atom. The number of carbonyl (C=O) groups excluding carboxylic acids is 2. The van der Waals surface area contributed by atoms with E-state index in [1.54, 1.807) is 31.4 Å². The van der Waals surface area contributed by atoms with Crippen molar-refractivity contribution in [2.45, 2.75) is 32.7 Å². The van der Waals surface area contributed by atoms with Crippen LogP contribution in [0.5, 0.6) is 0 Å². The second kappa shape index (κ2) is 9.75. The van der Waals surface area contributed by atoms with Crippen LogP contribution in [0.2, 0.25) is 5.02 Å². The van der Waals surface area contributed by atoms with Crippen molar-refractivity contribution in [1.82, 2.24) is 10.2 Å². The fourth-order valence-corrected chi connectivity index (χ4v) is 3.65. The molecule has 1 fully saturated rings. The van der Waals surface area contributed by atoms with Gasteiger partial charge in [0.05, 0.1) is 24.1 Å². The molecule has 7 heteroatoms. The van der Waals surface area contributed by atoms with Crippen LogP contribution < -0.4 is 10.6 Å². The Labute approximate surface area is 170 Å². The second-order valence-electron chi connectivity index (χ2n) is 7.12. The summed E-state index contributed by atoms with van der Waals surface area (Å²) in [5, 5.41) is 6.24. The third-order valence-corrected chi connectivity index (χ3v) is 5.17. The van der Waals surface area contributed by atoms with Crippen LogP contribution in [-0.4, -0.2) is 36.3 Å². The smallest absolute Gasteiger partial charge is 0.253 e. The Morgan fingerprint density at radius 2 is 2.18 bits per heavy atom. The van der Waals surface area contributed by atoms with E-state index in [0.717, 1.165) is 38.2 Å². The lowest BCUT2D eigenvalue weighted by atomic mass is 9.97. The maximum Gasteiger partial charge on any atom is 0.253 e. The van der Waals surface area contributed by atoms with Gasteiger partial charge in [0.2, 0.25) is 5.91 Å². The largest absolute Gasteiger partial charge is 0.468 e. The molecule has 2 amide bonds. The summed E-state index contributed by atoms with van der Waals surface area (Å²) in [7, 11) is 0. The molecule has 1 unspecified atom stereocenters. The van der Waals surface area contributed by atoms with Crippen LogP contribution in [0.4, 0.5) is 5.69 Å². The van der Waals surface area contributed by atoms with E-state index in [4.69, 9.17) is 16.0 Å². The summed E-state index contributed by atoms with van der Waals surface area (Å²) in [6.45, 7) is 5.10. The van der Waals surface area contributed by atoms with Crippen LogP contribution in [0, 0.1) is 5.92 Å². The first-order valence-corrected chi connectivity index (χ1v) is 10.0. The molecule has 28 heavy (non-hydrogen) atoms. The molecule has 1 aromatic heterocycles. The Morgan fingerprint density at radius 1 is 1.32 bits per heavy atom. The molecule has 6 nitrogen and oxygen atoms in total. The van der Waals surface area contributed by atoms with Crippen LogP contribution in [0.25, 0.3) is 0 Å². The number of carbonyl (C=O) groups is 2. The van der Waals surface area contributed by atoms with Crippen LogP contribution in [-0.2, 0) is 11.3 Å². The number of benzene rings is 1. The summed E-state index contributed by atoms with van der Waals surface area (Å²) in [6.07, 6.45) is 4.20. The highest BCUT2D eigenvalue weighted by molar-refractivity contribution is 6.31. The van der Waals surface area contributed by atoms with Gasteiger partial charge in [0.1, 0.15) is 5.76 Å². The highest BCUT2D eigenvalue weighted by atomic mass is 35.5. The van der Waals surface area contributed by atoms with Crippen molar-refractivity contribution in [2.24, 2.45) is 5.92 Å². The van der Waals surface area contributed by atoms with Crippen molar-refractivity contribution >= 4 is 29.1 Å². The van der Waals surface area contributed by atoms with Crippen molar-refractivity contribution < 1.29 is 14.0 Å². The lowest BCUT2D eigenvalue weighted by Crippen LogP contribution is -2.40. The van der Waals surface area contributed by atoms with Gasteiger partial charge in [-0.15, -0.1) is 0 Å². The predicted molar refractivity (Wildman–Crippen MR) is 109 cm³/mol. The van der Waals surface area contributed by atoms with Gasteiger partial charge in [-0.1, -0.05) is 18.5 Å². The molecular weight excluding hydrogens is 378 g/mol. The molecule has 1 aliphatic rings. The minimum atomic E-state index is -0.203. The fourth-order valence-electron chi connectivity index (χ4n) is 3.47. The van der Waals surface area contributed by atoms with Gasteiger partial charge in [0.15, 0.2) is 0 Å². The van der Waals surface area contributed by atoms with Crippen molar-refractivity contribution in [3.05, 3.63) is 52.9 Å². The zero-order chi connectivity index (χ0) is 19.9. The first kappa shape index (κ1) is 20.4. The molecular formula is C21H26ClN3O3. The number of hydrogen-bond acceptors (Lipinski definition) is 4. The van der Waals surface area contributed by atoms with E-state index in [2.05, 4.69) is 15.5 Å². The lowest BCUT2D eigenvalue weighted by Gasteiger charge is -2.32. The van der Waals surface area contributed by atoms with E-state index in [1.165, 1.54) is 0 Å². The number of amides is 2. The van der Waals surface area contributed by atoms with Gasteiger partial charge in [-0.05, 0) is 55.6 Å². The number of anilines is 1. The number of halogens is 1. The highest BCUT2D eigenvalue weighted by Gasteiger charge is 2.22. The third kappa shape index (κ3) is 5.59. The normalized spacial score (nSPS) is 17.3. The third-order valence-electron chi connectivity index (χ3n) is 4.94. The average molecular weight is 404 g/mol. The lowest BCUT2D eigenvalue weighted by molar-refractivity contribution is -0.115. The summed E-state index contributed by atoms with van der Waals surface area (Å²) in [5.41, 5.74) is 0.870. The molecule has 1 aromatic carbocycles. The number of hydrogen-bond donors (Lipinski definition) is 2. The number of piperidine rings is 1.